The van der Waals surface area contributed by atoms with Gasteiger partial charge in [-0.3, -0.25) is 0 Å². The molecule has 0 aromatic rings. The van der Waals surface area contributed by atoms with Crippen LogP contribution in [0.2, 0.25) is 0 Å². The topological polar surface area (TPSA) is 17.1 Å². The number of hydrogen-bond donors (Lipinski definition) is 0. The summed E-state index contributed by atoms with van der Waals surface area (Å²) in [5.74, 6) is 0. The van der Waals surface area contributed by atoms with E-state index in [4.69, 9.17) is 3.80 Å². The average molecular weight is 178 g/mol. The second kappa shape index (κ2) is 22.7. The van der Waals surface area contributed by atoms with Crippen LogP contribution in [0.4, 0.5) is 0 Å². The summed E-state index contributed by atoms with van der Waals surface area (Å²) < 4.78 is 8.28. The molecule has 18 valence electrons. The van der Waals surface area contributed by atoms with Crippen molar-refractivity contribution in [2.75, 3.05) is 0 Å². The quantitative estimate of drug-likeness (QED) is 0.368. The molecule has 0 aromatic carbocycles. The first-order chi connectivity index (χ1) is 2.00. The van der Waals surface area contributed by atoms with Crippen molar-refractivity contribution in [1.82, 2.24) is 0 Å². The molecule has 0 bridgehead atoms. The van der Waals surface area contributed by atoms with E-state index in [-0.39, 0.29) is 0 Å². The summed E-state index contributed by atoms with van der Waals surface area (Å²) in [7, 11) is 0. The molecule has 0 saturated heterocycles. The van der Waals surface area contributed by atoms with Gasteiger partial charge >= 0.3 is 54.2 Å². The molecule has 0 aromatic heterocycles. The van der Waals surface area contributed by atoms with E-state index < -0.39 is 0 Å². The SMILES string of the molecule is [Li][I].[O]=[AlH]. The number of hydrogen-bond acceptors (Lipinski definition) is 1. The van der Waals surface area contributed by atoms with Crippen molar-refractivity contribution >= 4 is 50.4 Å². The Morgan fingerprint density at radius 3 is 1.50 bits per heavy atom. The Morgan fingerprint density at radius 1 is 1.50 bits per heavy atom. The van der Waals surface area contributed by atoms with Crippen LogP contribution in [0.5, 0.6) is 0 Å². The third kappa shape index (κ3) is 9.40. The summed E-state index contributed by atoms with van der Waals surface area (Å²) in [5, 5.41) is 0. The van der Waals surface area contributed by atoms with Gasteiger partial charge in [0.25, 0.3) is 0 Å². The molecular formula is HAlILiO. The summed E-state index contributed by atoms with van der Waals surface area (Å²) in [5.41, 5.74) is 0. The van der Waals surface area contributed by atoms with E-state index >= 15 is 0 Å². The van der Waals surface area contributed by atoms with Crippen LogP contribution < -0.4 is 0 Å². The van der Waals surface area contributed by atoms with Crippen LogP contribution in [-0.4, -0.2) is 30.5 Å². The fourth-order valence-electron chi connectivity index (χ4n) is 0. The molecule has 0 aliphatic rings. The second-order valence-corrected chi connectivity index (χ2v) is 0. The van der Waals surface area contributed by atoms with E-state index in [0.29, 0.717) is 16.2 Å². The van der Waals surface area contributed by atoms with Gasteiger partial charge in [-0.15, -0.1) is 0 Å². The molecule has 0 N–H and O–H groups in total. The summed E-state index contributed by atoms with van der Waals surface area (Å²) in [4.78, 5) is 0. The van der Waals surface area contributed by atoms with E-state index in [0.717, 1.165) is 0 Å². The van der Waals surface area contributed by atoms with E-state index in [1.54, 1.807) is 0 Å². The van der Waals surface area contributed by atoms with E-state index in [1.165, 1.54) is 0 Å². The molecule has 0 heterocycles. The molecule has 0 unspecified atom stereocenters. The average Bonchev–Trinajstić information content (AvgIpc) is 1.50. The first-order valence-electron chi connectivity index (χ1n) is 0.667. The Morgan fingerprint density at radius 2 is 1.50 bits per heavy atom. The molecular weight excluding hydrogens is 177 g/mol. The van der Waals surface area contributed by atoms with Crippen molar-refractivity contribution in [3.63, 3.8) is 0 Å². The van der Waals surface area contributed by atoms with Crippen molar-refractivity contribution in [2.24, 2.45) is 0 Å². The monoisotopic (exact) mass is 178 g/mol. The van der Waals surface area contributed by atoms with Crippen molar-refractivity contribution in [1.29, 1.82) is 0 Å². The molecule has 0 fully saturated rings. The zero-order chi connectivity index (χ0) is 4.00. The first kappa shape index (κ1) is 9.18. The molecule has 4 heteroatoms. The number of rotatable bonds is 0. The van der Waals surface area contributed by atoms with Crippen LogP contribution in [0.25, 0.3) is 0 Å². The molecule has 0 amide bonds. The predicted octanol–water partition coefficient (Wildman–Crippen LogP) is -0.262. The maximum absolute atomic E-state index is 8.28. The Hall–Kier alpha value is 1.66. The van der Waals surface area contributed by atoms with Gasteiger partial charge in [-0.25, -0.2) is 0 Å². The summed E-state index contributed by atoms with van der Waals surface area (Å²) >= 11 is 4.73. The van der Waals surface area contributed by atoms with Gasteiger partial charge in [0.15, 0.2) is 0 Å². The Kier molecular flexibility index (Phi) is 52.0. The van der Waals surface area contributed by atoms with E-state index in [1.807, 2.05) is 14.3 Å². The zero-order valence-corrected chi connectivity index (χ0v) is 6.07. The molecule has 0 saturated carbocycles. The normalized spacial score (nSPS) is 2.50. The second-order valence-electron chi connectivity index (χ2n) is 0. The fourth-order valence-corrected chi connectivity index (χ4v) is 0. The molecule has 0 rings (SSSR count). The van der Waals surface area contributed by atoms with Crippen LogP contribution in [0.15, 0.2) is 0 Å². The van der Waals surface area contributed by atoms with Gasteiger partial charge in [-0.05, 0) is 0 Å². The van der Waals surface area contributed by atoms with Crippen LogP contribution >= 0.6 is 19.9 Å². The summed E-state index contributed by atoms with van der Waals surface area (Å²) in [6.45, 7) is 0. The van der Waals surface area contributed by atoms with Gasteiger partial charge in [0.2, 0.25) is 0 Å². The molecule has 1 nitrogen and oxygen atoms in total. The molecule has 4 heavy (non-hydrogen) atoms. The molecule has 0 aliphatic carbocycles. The van der Waals surface area contributed by atoms with Gasteiger partial charge in [-0.2, -0.15) is 0 Å². The van der Waals surface area contributed by atoms with Gasteiger partial charge < -0.3 is 0 Å². The summed E-state index contributed by atoms with van der Waals surface area (Å²) in [6.07, 6.45) is 0. The summed E-state index contributed by atoms with van der Waals surface area (Å²) in [6, 6.07) is 0. The molecule has 0 aliphatic heterocycles. The number of halogens is 1. The third-order valence-electron chi connectivity index (χ3n) is 0. The van der Waals surface area contributed by atoms with Gasteiger partial charge in [-0.1, -0.05) is 0 Å². The Labute approximate surface area is 53.7 Å². The zero-order valence-electron chi connectivity index (χ0n) is 2.49. The van der Waals surface area contributed by atoms with E-state index in [2.05, 4.69) is 19.9 Å². The minimum absolute atomic E-state index is 0.611. The van der Waals surface area contributed by atoms with Crippen LogP contribution in [0.1, 0.15) is 0 Å². The predicted molar refractivity (Wildman–Crippen MR) is 27.6 cm³/mol. The minimum atomic E-state index is 0.611. The Bertz CT molecular complexity index is 8.00. The van der Waals surface area contributed by atoms with Crippen LogP contribution in [-0.2, 0) is 3.80 Å². The molecule has 0 atom stereocenters. The molecule has 0 radical (unpaired) electrons. The fraction of sp³-hybridized carbons (Fsp3) is 0. The van der Waals surface area contributed by atoms with Gasteiger partial charge in [0, 0.05) is 0 Å². The molecule has 0 spiro atoms. The van der Waals surface area contributed by atoms with Gasteiger partial charge in [0.1, 0.15) is 0 Å². The maximum atomic E-state index is 8.28. The third-order valence-corrected chi connectivity index (χ3v) is 0. The van der Waals surface area contributed by atoms with Crippen LogP contribution in [0.3, 0.4) is 0 Å². The van der Waals surface area contributed by atoms with Crippen molar-refractivity contribution < 1.29 is 3.80 Å². The Balaban J connectivity index is 0. The first-order valence-corrected chi connectivity index (χ1v) is 3.40. The van der Waals surface area contributed by atoms with Crippen molar-refractivity contribution in [3.8, 4) is 0 Å². The van der Waals surface area contributed by atoms with Gasteiger partial charge in [0.05, 0.1) is 0 Å². The van der Waals surface area contributed by atoms with E-state index in [9.17, 15) is 0 Å². The standard InChI is InChI=1S/Al.HI.Li.O.H/h;1H;;;/q;;+1;;/p-1. The van der Waals surface area contributed by atoms with Crippen molar-refractivity contribution in [2.45, 2.75) is 0 Å². The van der Waals surface area contributed by atoms with Crippen LogP contribution in [0, 0.1) is 0 Å². The van der Waals surface area contributed by atoms with Crippen molar-refractivity contribution in [3.05, 3.63) is 0 Å².